The Morgan fingerprint density at radius 2 is 0.440 bits per heavy atom. The Labute approximate surface area is 468 Å². The Morgan fingerprint density at radius 3 is 0.667 bits per heavy atom. The summed E-state index contributed by atoms with van der Waals surface area (Å²) in [4.78, 5) is 38.3. The highest BCUT2D eigenvalue weighted by molar-refractivity contribution is 5.71. The first-order valence-electron chi connectivity index (χ1n) is 33.8. The van der Waals surface area contributed by atoms with E-state index in [4.69, 9.17) is 14.2 Å². The number of ether oxygens (including phenoxy) is 3. The van der Waals surface area contributed by atoms with Crippen molar-refractivity contribution in [2.75, 3.05) is 13.2 Å². The van der Waals surface area contributed by atoms with Gasteiger partial charge in [0.1, 0.15) is 13.2 Å². The molecule has 0 aliphatic rings. The van der Waals surface area contributed by atoms with Crippen molar-refractivity contribution in [3.63, 3.8) is 0 Å². The molecule has 6 nitrogen and oxygen atoms in total. The fourth-order valence-electron chi connectivity index (χ4n) is 10.3. The second-order valence-corrected chi connectivity index (χ2v) is 23.1. The first kappa shape index (κ1) is 72.9. The van der Waals surface area contributed by atoms with Crippen molar-refractivity contribution in [2.45, 2.75) is 386 Å². The molecule has 0 aromatic heterocycles. The number of hydrogen-bond donors (Lipinski definition) is 0. The van der Waals surface area contributed by atoms with E-state index < -0.39 is 6.10 Å². The standard InChI is InChI=1S/C69H130O6/c1-4-7-10-13-16-19-22-25-28-31-32-33-34-35-36-37-38-39-42-44-47-50-53-56-59-62-68(71)74-65-66(75-69(72)63-60-57-54-51-48-45-41-30-27-24-21-18-15-12-9-6-3)64-73-67(70)61-58-55-52-49-46-43-40-29-26-23-20-17-14-11-8-5-2/h29-30,40-41,66H,4-28,31-39,42-65H2,1-3H3/b40-29-,41-30-. The molecule has 0 heterocycles. The largest absolute Gasteiger partial charge is 0.462 e. The maximum Gasteiger partial charge on any atom is 0.306 e. The number of allylic oxidation sites excluding steroid dienone is 4. The Hall–Kier alpha value is -2.11. The molecule has 6 heteroatoms. The molecule has 0 bridgehead atoms. The molecule has 0 saturated carbocycles. The van der Waals surface area contributed by atoms with Gasteiger partial charge in [0.15, 0.2) is 6.10 Å². The number of hydrogen-bond acceptors (Lipinski definition) is 6. The molecule has 0 radical (unpaired) electrons. The third kappa shape index (κ3) is 62.6. The number of carbonyl (C=O) groups is 3. The molecule has 0 aromatic rings. The highest BCUT2D eigenvalue weighted by Gasteiger charge is 2.19. The fraction of sp³-hybridized carbons (Fsp3) is 0.899. The first-order chi connectivity index (χ1) is 37.0. The summed E-state index contributed by atoms with van der Waals surface area (Å²) < 4.78 is 17.0. The second kappa shape index (κ2) is 64.4. The smallest absolute Gasteiger partial charge is 0.306 e. The zero-order chi connectivity index (χ0) is 54.3. The highest BCUT2D eigenvalue weighted by atomic mass is 16.6. The Morgan fingerprint density at radius 1 is 0.253 bits per heavy atom. The lowest BCUT2D eigenvalue weighted by Gasteiger charge is -2.18. The van der Waals surface area contributed by atoms with Crippen molar-refractivity contribution in [3.05, 3.63) is 24.3 Å². The minimum atomic E-state index is -0.777. The molecule has 0 aliphatic carbocycles. The number of esters is 3. The Bertz CT molecular complexity index is 1210. The van der Waals surface area contributed by atoms with Gasteiger partial charge < -0.3 is 14.2 Å². The molecular weight excluding hydrogens is 925 g/mol. The monoisotopic (exact) mass is 1050 g/mol. The van der Waals surface area contributed by atoms with Gasteiger partial charge in [-0.2, -0.15) is 0 Å². The fourth-order valence-corrected chi connectivity index (χ4v) is 10.3. The molecule has 0 fully saturated rings. The SMILES string of the molecule is CCCCCCCCC/C=C\CCCCCCCC(=O)OCC(COC(=O)CCCCCCCCCCCCCCCCCCCCCCCCCCC)OC(=O)CCCCCCC/C=C\CCCCCCCCC. The van der Waals surface area contributed by atoms with Crippen molar-refractivity contribution in [3.8, 4) is 0 Å². The Balaban J connectivity index is 4.25. The molecule has 1 atom stereocenters. The van der Waals surface area contributed by atoms with E-state index in [2.05, 4.69) is 45.1 Å². The molecule has 75 heavy (non-hydrogen) atoms. The first-order valence-corrected chi connectivity index (χ1v) is 33.8. The molecule has 0 aromatic carbocycles. The van der Waals surface area contributed by atoms with Gasteiger partial charge in [0.05, 0.1) is 0 Å². The maximum absolute atomic E-state index is 12.9. The molecule has 0 spiro atoms. The lowest BCUT2D eigenvalue weighted by molar-refractivity contribution is -0.167. The lowest BCUT2D eigenvalue weighted by atomic mass is 10.0. The van der Waals surface area contributed by atoms with Crippen LogP contribution < -0.4 is 0 Å². The van der Waals surface area contributed by atoms with Crippen molar-refractivity contribution in [2.24, 2.45) is 0 Å². The zero-order valence-electron chi connectivity index (χ0n) is 50.8. The molecule has 0 aliphatic heterocycles. The van der Waals surface area contributed by atoms with Crippen LogP contribution in [0.3, 0.4) is 0 Å². The van der Waals surface area contributed by atoms with E-state index in [-0.39, 0.29) is 31.1 Å². The van der Waals surface area contributed by atoms with Gasteiger partial charge in [-0.25, -0.2) is 0 Å². The predicted molar refractivity (Wildman–Crippen MR) is 326 cm³/mol. The van der Waals surface area contributed by atoms with Gasteiger partial charge >= 0.3 is 17.9 Å². The second-order valence-electron chi connectivity index (χ2n) is 23.1. The van der Waals surface area contributed by atoms with E-state index in [1.807, 2.05) is 0 Å². The number of unbranched alkanes of at least 4 members (excludes halogenated alkanes) is 48. The summed E-state index contributed by atoms with van der Waals surface area (Å²) >= 11 is 0. The van der Waals surface area contributed by atoms with Crippen molar-refractivity contribution in [1.29, 1.82) is 0 Å². The molecule has 0 N–H and O–H groups in total. The van der Waals surface area contributed by atoms with Crippen LogP contribution in [-0.2, 0) is 28.6 Å². The lowest BCUT2D eigenvalue weighted by Crippen LogP contribution is -2.30. The van der Waals surface area contributed by atoms with Crippen LogP contribution in [0.5, 0.6) is 0 Å². The number of carbonyl (C=O) groups excluding carboxylic acids is 3. The van der Waals surface area contributed by atoms with Crippen LogP contribution in [0.1, 0.15) is 380 Å². The van der Waals surface area contributed by atoms with E-state index in [0.717, 1.165) is 70.6 Å². The summed E-state index contributed by atoms with van der Waals surface area (Å²) in [5.41, 5.74) is 0. The number of rotatable bonds is 63. The molecule has 0 saturated heterocycles. The van der Waals surface area contributed by atoms with E-state index in [0.29, 0.717) is 19.3 Å². The van der Waals surface area contributed by atoms with E-state index in [1.165, 1.54) is 270 Å². The minimum Gasteiger partial charge on any atom is -0.462 e. The van der Waals surface area contributed by atoms with Crippen LogP contribution in [0, 0.1) is 0 Å². The van der Waals surface area contributed by atoms with Crippen molar-refractivity contribution in [1.82, 2.24) is 0 Å². The van der Waals surface area contributed by atoms with Crippen LogP contribution in [0.4, 0.5) is 0 Å². The highest BCUT2D eigenvalue weighted by Crippen LogP contribution is 2.18. The summed E-state index contributed by atoms with van der Waals surface area (Å²) in [6.07, 6.45) is 77.7. The van der Waals surface area contributed by atoms with Crippen LogP contribution in [0.15, 0.2) is 24.3 Å². The summed E-state index contributed by atoms with van der Waals surface area (Å²) in [6, 6.07) is 0. The third-order valence-corrected chi connectivity index (χ3v) is 15.4. The third-order valence-electron chi connectivity index (χ3n) is 15.4. The molecule has 1 unspecified atom stereocenters. The van der Waals surface area contributed by atoms with Gasteiger partial charge in [0.2, 0.25) is 0 Å². The van der Waals surface area contributed by atoms with Gasteiger partial charge in [-0.1, -0.05) is 315 Å². The normalized spacial score (nSPS) is 12.1. The molecular formula is C69H130O6. The minimum absolute atomic E-state index is 0.0722. The van der Waals surface area contributed by atoms with Gasteiger partial charge in [-0.3, -0.25) is 14.4 Å². The summed E-state index contributed by atoms with van der Waals surface area (Å²) in [7, 11) is 0. The van der Waals surface area contributed by atoms with Crippen molar-refractivity contribution >= 4 is 17.9 Å². The molecule has 0 amide bonds. The Kier molecular flexibility index (Phi) is 62.6. The molecule has 0 rings (SSSR count). The topological polar surface area (TPSA) is 78.9 Å². The van der Waals surface area contributed by atoms with Gasteiger partial charge in [0, 0.05) is 19.3 Å². The van der Waals surface area contributed by atoms with E-state index in [1.54, 1.807) is 0 Å². The van der Waals surface area contributed by atoms with E-state index in [9.17, 15) is 14.4 Å². The summed E-state index contributed by atoms with van der Waals surface area (Å²) in [6.45, 7) is 6.69. The maximum atomic E-state index is 12.9. The predicted octanol–water partition coefficient (Wildman–Crippen LogP) is 23.0. The van der Waals surface area contributed by atoms with Gasteiger partial charge in [0.25, 0.3) is 0 Å². The van der Waals surface area contributed by atoms with Gasteiger partial charge in [-0.15, -0.1) is 0 Å². The van der Waals surface area contributed by atoms with Crippen molar-refractivity contribution < 1.29 is 28.6 Å². The average molecular weight is 1060 g/mol. The average Bonchev–Trinajstić information content (AvgIpc) is 3.41. The van der Waals surface area contributed by atoms with Crippen LogP contribution in [0.2, 0.25) is 0 Å². The zero-order valence-corrected chi connectivity index (χ0v) is 50.8. The quantitative estimate of drug-likeness (QED) is 0.0261. The summed E-state index contributed by atoms with van der Waals surface area (Å²) in [5, 5.41) is 0. The van der Waals surface area contributed by atoms with Crippen LogP contribution >= 0.6 is 0 Å². The van der Waals surface area contributed by atoms with E-state index >= 15 is 0 Å². The molecule has 442 valence electrons. The van der Waals surface area contributed by atoms with Crippen LogP contribution in [0.25, 0.3) is 0 Å². The van der Waals surface area contributed by atoms with Crippen LogP contribution in [-0.4, -0.2) is 37.2 Å². The van der Waals surface area contributed by atoms with Gasteiger partial charge in [-0.05, 0) is 70.6 Å². The summed E-state index contributed by atoms with van der Waals surface area (Å²) in [5.74, 6) is -0.861.